The van der Waals surface area contributed by atoms with E-state index in [1.807, 2.05) is 71.5 Å². The summed E-state index contributed by atoms with van der Waals surface area (Å²) in [5, 5.41) is 14.1. The fourth-order valence-corrected chi connectivity index (χ4v) is 4.03. The lowest BCUT2D eigenvalue weighted by Gasteiger charge is -2.06. The quantitative estimate of drug-likeness (QED) is 0.479. The van der Waals surface area contributed by atoms with E-state index in [0.717, 1.165) is 16.9 Å². The van der Waals surface area contributed by atoms with Crippen molar-refractivity contribution in [3.05, 3.63) is 71.9 Å². The number of hydrogen-bond donors (Lipinski definition) is 1. The number of thioether (sulfide) groups is 1. The molecule has 0 unspecified atom stereocenters. The lowest BCUT2D eigenvalue weighted by atomic mass is 10.2. The minimum absolute atomic E-state index is 0.127. The van der Waals surface area contributed by atoms with Crippen LogP contribution in [0, 0.1) is 6.92 Å². The number of nitrogens with zero attached hydrogens (tertiary/aromatic N) is 4. The first-order valence-corrected chi connectivity index (χ1v) is 10.5. The van der Waals surface area contributed by atoms with E-state index in [1.54, 1.807) is 6.33 Å². The standard InChI is InChI=1S/C20H17N5OS2/c1-14-7-9-16(10-8-14)25-13-21-24-20(25)28-12-18(26)23-19-22-17(11-27-19)15-5-3-2-4-6-15/h2-11,13H,12H2,1H3,(H,22,23,26). The van der Waals surface area contributed by atoms with Gasteiger partial charge in [-0.15, -0.1) is 21.5 Å². The Labute approximate surface area is 170 Å². The van der Waals surface area contributed by atoms with Gasteiger partial charge in [0, 0.05) is 16.6 Å². The number of carbonyl (C=O) groups is 1. The Morgan fingerprint density at radius 2 is 1.93 bits per heavy atom. The number of thiazole rings is 1. The van der Waals surface area contributed by atoms with E-state index in [0.29, 0.717) is 10.3 Å². The summed E-state index contributed by atoms with van der Waals surface area (Å²) < 4.78 is 1.87. The van der Waals surface area contributed by atoms with Crippen LogP contribution in [0.1, 0.15) is 5.56 Å². The summed E-state index contributed by atoms with van der Waals surface area (Å²) in [4.78, 5) is 16.8. The van der Waals surface area contributed by atoms with E-state index in [-0.39, 0.29) is 11.7 Å². The Morgan fingerprint density at radius 1 is 1.14 bits per heavy atom. The van der Waals surface area contributed by atoms with E-state index in [4.69, 9.17) is 0 Å². The van der Waals surface area contributed by atoms with Crippen LogP contribution >= 0.6 is 23.1 Å². The smallest absolute Gasteiger partial charge is 0.236 e. The average molecular weight is 408 g/mol. The van der Waals surface area contributed by atoms with Gasteiger partial charge >= 0.3 is 0 Å². The molecule has 0 atom stereocenters. The molecule has 0 spiro atoms. The van der Waals surface area contributed by atoms with Crippen molar-refractivity contribution in [2.24, 2.45) is 0 Å². The number of amides is 1. The summed E-state index contributed by atoms with van der Waals surface area (Å²) >= 11 is 2.75. The number of aryl methyl sites for hydroxylation is 1. The molecule has 8 heteroatoms. The minimum Gasteiger partial charge on any atom is -0.301 e. The van der Waals surface area contributed by atoms with Crippen LogP contribution < -0.4 is 5.32 Å². The Morgan fingerprint density at radius 3 is 2.71 bits per heavy atom. The predicted octanol–water partition coefficient (Wildman–Crippen LogP) is 4.43. The highest BCUT2D eigenvalue weighted by Crippen LogP contribution is 2.25. The molecule has 2 aromatic carbocycles. The maximum Gasteiger partial charge on any atom is 0.236 e. The largest absolute Gasteiger partial charge is 0.301 e. The van der Waals surface area contributed by atoms with Gasteiger partial charge in [-0.3, -0.25) is 9.36 Å². The maximum absolute atomic E-state index is 12.3. The Kier molecular flexibility index (Phi) is 5.50. The lowest BCUT2D eigenvalue weighted by Crippen LogP contribution is -2.14. The van der Waals surface area contributed by atoms with Crippen LogP contribution in [0.2, 0.25) is 0 Å². The van der Waals surface area contributed by atoms with Crippen LogP contribution in [-0.4, -0.2) is 31.4 Å². The zero-order valence-corrected chi connectivity index (χ0v) is 16.7. The van der Waals surface area contributed by atoms with Crippen LogP contribution in [0.3, 0.4) is 0 Å². The molecule has 0 saturated carbocycles. The highest BCUT2D eigenvalue weighted by Gasteiger charge is 2.12. The fourth-order valence-electron chi connectivity index (χ4n) is 2.56. The molecule has 1 N–H and O–H groups in total. The molecule has 140 valence electrons. The number of rotatable bonds is 6. The van der Waals surface area contributed by atoms with Crippen LogP contribution in [-0.2, 0) is 4.79 Å². The summed E-state index contributed by atoms with van der Waals surface area (Å²) in [6.07, 6.45) is 1.65. The highest BCUT2D eigenvalue weighted by molar-refractivity contribution is 7.99. The molecule has 2 heterocycles. The van der Waals surface area contributed by atoms with E-state index in [2.05, 4.69) is 20.5 Å². The van der Waals surface area contributed by atoms with Crippen molar-refractivity contribution >= 4 is 34.1 Å². The molecule has 28 heavy (non-hydrogen) atoms. The molecule has 0 aliphatic carbocycles. The van der Waals surface area contributed by atoms with Crippen molar-refractivity contribution in [1.29, 1.82) is 0 Å². The first-order valence-electron chi connectivity index (χ1n) is 8.60. The zero-order valence-electron chi connectivity index (χ0n) is 15.1. The number of anilines is 1. The average Bonchev–Trinajstić information content (AvgIpc) is 3.37. The second-order valence-electron chi connectivity index (χ2n) is 6.06. The van der Waals surface area contributed by atoms with E-state index >= 15 is 0 Å². The van der Waals surface area contributed by atoms with Crippen molar-refractivity contribution in [2.45, 2.75) is 12.1 Å². The maximum atomic E-state index is 12.3. The molecule has 0 saturated heterocycles. The van der Waals surface area contributed by atoms with Crippen molar-refractivity contribution in [1.82, 2.24) is 19.7 Å². The SMILES string of the molecule is Cc1ccc(-n2cnnc2SCC(=O)Nc2nc(-c3ccccc3)cs2)cc1. The highest BCUT2D eigenvalue weighted by atomic mass is 32.2. The summed E-state index contributed by atoms with van der Waals surface area (Å²) in [5.74, 6) is 0.0996. The molecule has 0 aliphatic rings. The Bertz CT molecular complexity index is 1070. The van der Waals surface area contributed by atoms with Gasteiger partial charge in [0.25, 0.3) is 0 Å². The van der Waals surface area contributed by atoms with Crippen molar-refractivity contribution in [3.8, 4) is 16.9 Å². The molecule has 6 nitrogen and oxygen atoms in total. The van der Waals surface area contributed by atoms with Crippen LogP contribution in [0.25, 0.3) is 16.9 Å². The van der Waals surface area contributed by atoms with Gasteiger partial charge in [0.05, 0.1) is 11.4 Å². The van der Waals surface area contributed by atoms with Crippen LogP contribution in [0.5, 0.6) is 0 Å². The molecular weight excluding hydrogens is 390 g/mol. The summed E-state index contributed by atoms with van der Waals surface area (Å²) in [5.41, 5.74) is 4.03. The molecule has 1 amide bonds. The van der Waals surface area contributed by atoms with Gasteiger partial charge in [-0.2, -0.15) is 0 Å². The first-order chi connectivity index (χ1) is 13.7. The zero-order chi connectivity index (χ0) is 19.3. The molecule has 0 fully saturated rings. The Balaban J connectivity index is 1.38. The van der Waals surface area contributed by atoms with Crippen molar-refractivity contribution in [2.75, 3.05) is 11.1 Å². The minimum atomic E-state index is -0.127. The third-order valence-electron chi connectivity index (χ3n) is 3.98. The summed E-state index contributed by atoms with van der Waals surface area (Å²) in [7, 11) is 0. The van der Waals surface area contributed by atoms with E-state index in [9.17, 15) is 4.79 Å². The van der Waals surface area contributed by atoms with Gasteiger partial charge in [0.2, 0.25) is 5.91 Å². The predicted molar refractivity (Wildman–Crippen MR) is 113 cm³/mol. The van der Waals surface area contributed by atoms with E-state index < -0.39 is 0 Å². The van der Waals surface area contributed by atoms with Gasteiger partial charge in [-0.1, -0.05) is 59.8 Å². The fraction of sp³-hybridized carbons (Fsp3) is 0.100. The van der Waals surface area contributed by atoms with Gasteiger partial charge in [-0.05, 0) is 19.1 Å². The van der Waals surface area contributed by atoms with E-state index in [1.165, 1.54) is 28.7 Å². The molecule has 0 bridgehead atoms. The van der Waals surface area contributed by atoms with Crippen molar-refractivity contribution in [3.63, 3.8) is 0 Å². The third-order valence-corrected chi connectivity index (χ3v) is 5.68. The van der Waals surface area contributed by atoms with Crippen LogP contribution in [0.4, 0.5) is 5.13 Å². The number of nitrogens with one attached hydrogen (secondary N) is 1. The summed E-state index contributed by atoms with van der Waals surface area (Å²) in [6, 6.07) is 18.0. The molecule has 0 aliphatic heterocycles. The van der Waals surface area contributed by atoms with Gasteiger partial charge in [0.15, 0.2) is 10.3 Å². The van der Waals surface area contributed by atoms with Gasteiger partial charge in [-0.25, -0.2) is 4.98 Å². The normalized spacial score (nSPS) is 10.8. The molecule has 0 radical (unpaired) electrons. The summed E-state index contributed by atoms with van der Waals surface area (Å²) in [6.45, 7) is 2.04. The second kappa shape index (κ2) is 8.37. The number of carbonyl (C=O) groups excluding carboxylic acids is 1. The first kappa shape index (κ1) is 18.4. The van der Waals surface area contributed by atoms with Crippen molar-refractivity contribution < 1.29 is 4.79 Å². The Hall–Kier alpha value is -2.97. The molecule has 4 aromatic rings. The van der Waals surface area contributed by atoms with Crippen LogP contribution in [0.15, 0.2) is 71.5 Å². The second-order valence-corrected chi connectivity index (χ2v) is 7.86. The third kappa shape index (κ3) is 4.29. The molecule has 2 aromatic heterocycles. The number of aromatic nitrogens is 4. The molecule has 4 rings (SSSR count). The van der Waals surface area contributed by atoms with Gasteiger partial charge < -0.3 is 5.32 Å². The topological polar surface area (TPSA) is 72.7 Å². The number of benzene rings is 2. The monoisotopic (exact) mass is 407 g/mol. The molecular formula is C20H17N5OS2. The lowest BCUT2D eigenvalue weighted by molar-refractivity contribution is -0.113. The van der Waals surface area contributed by atoms with Gasteiger partial charge in [0.1, 0.15) is 6.33 Å². The number of hydrogen-bond acceptors (Lipinski definition) is 6.